The minimum Gasteiger partial charge on any atom is -0.311 e. The molecule has 0 spiro atoms. The van der Waals surface area contributed by atoms with Gasteiger partial charge in [0.05, 0.1) is 0 Å². The Kier molecular flexibility index (Phi) is 5.19. The summed E-state index contributed by atoms with van der Waals surface area (Å²) in [6, 6.07) is 49.8. The van der Waals surface area contributed by atoms with Crippen LogP contribution >= 0.6 is 0 Å². The fourth-order valence-electron chi connectivity index (χ4n) is 5.43. The molecule has 0 aliphatic carbocycles. The van der Waals surface area contributed by atoms with Crippen molar-refractivity contribution in [2.24, 2.45) is 0 Å². The van der Waals surface area contributed by atoms with Gasteiger partial charge in [0.1, 0.15) is 0 Å². The maximum Gasteiger partial charge on any atom is 0.0462 e. The first kappa shape index (κ1) is 21.4. The average Bonchev–Trinajstić information content (AvgIpc) is 2.97. The second kappa shape index (κ2) is 8.96. The number of rotatable bonds is 5. The van der Waals surface area contributed by atoms with E-state index in [4.69, 9.17) is 0 Å². The first-order chi connectivity index (χ1) is 18.3. The summed E-state index contributed by atoms with van der Waals surface area (Å²) in [5.74, 6) is 0. The molecule has 0 aliphatic rings. The molecule has 7 aromatic carbocycles. The fourth-order valence-corrected chi connectivity index (χ4v) is 5.43. The maximum absolute atomic E-state index is 2.29. The van der Waals surface area contributed by atoms with Crippen molar-refractivity contribution >= 4 is 61.5 Å². The van der Waals surface area contributed by atoms with E-state index in [1.165, 1.54) is 43.4 Å². The molecule has 0 bridgehead atoms. The Hall–Kier alpha value is -4.88. The second-order valence-corrected chi connectivity index (χ2v) is 9.44. The van der Waals surface area contributed by atoms with Crippen LogP contribution in [0.1, 0.15) is 11.1 Å². The zero-order valence-corrected chi connectivity index (χ0v) is 20.4. The minimum atomic E-state index is 1.14. The molecule has 37 heavy (non-hydrogen) atoms. The SMILES string of the molecule is C(=C\c1ccc2ccc3cccc4ccc1c2c34)/c1ccc(N(c2ccccc2)c2ccccc2)cc1. The van der Waals surface area contributed by atoms with E-state index >= 15 is 0 Å². The van der Waals surface area contributed by atoms with Crippen LogP contribution in [0, 0.1) is 0 Å². The van der Waals surface area contributed by atoms with E-state index in [1.54, 1.807) is 0 Å². The Morgan fingerprint density at radius 2 is 0.919 bits per heavy atom. The van der Waals surface area contributed by atoms with E-state index in [2.05, 4.69) is 157 Å². The molecule has 0 unspecified atom stereocenters. The first-order valence-electron chi connectivity index (χ1n) is 12.7. The molecule has 1 heteroatoms. The lowest BCUT2D eigenvalue weighted by Crippen LogP contribution is -2.09. The van der Waals surface area contributed by atoms with Gasteiger partial charge >= 0.3 is 0 Å². The quantitative estimate of drug-likeness (QED) is 0.178. The predicted octanol–water partition coefficient (Wildman–Crippen LogP) is 10.2. The van der Waals surface area contributed by atoms with Crippen LogP contribution in [-0.2, 0) is 0 Å². The van der Waals surface area contributed by atoms with Crippen LogP contribution in [0.15, 0.2) is 140 Å². The molecule has 0 amide bonds. The van der Waals surface area contributed by atoms with Crippen LogP contribution in [-0.4, -0.2) is 0 Å². The lowest BCUT2D eigenvalue weighted by atomic mass is 9.92. The molecule has 0 saturated heterocycles. The van der Waals surface area contributed by atoms with Crippen LogP contribution in [0.5, 0.6) is 0 Å². The molecule has 0 atom stereocenters. The number of benzene rings is 7. The Morgan fingerprint density at radius 1 is 0.378 bits per heavy atom. The van der Waals surface area contributed by atoms with E-state index < -0.39 is 0 Å². The van der Waals surface area contributed by atoms with E-state index in [9.17, 15) is 0 Å². The summed E-state index contributed by atoms with van der Waals surface area (Å²) in [5, 5.41) is 7.91. The van der Waals surface area contributed by atoms with Gasteiger partial charge in [-0.05, 0) is 79.8 Å². The zero-order chi connectivity index (χ0) is 24.6. The summed E-state index contributed by atoms with van der Waals surface area (Å²) < 4.78 is 0. The second-order valence-electron chi connectivity index (χ2n) is 9.44. The molecule has 0 heterocycles. The molecule has 1 nitrogen and oxygen atoms in total. The third kappa shape index (κ3) is 3.82. The number of anilines is 3. The standard InChI is InChI=1S/C36H25N/c1-3-10-31(11-4-1)37(32-12-5-2-6-13-32)33-23-15-26(16-24-33)14-17-27-18-19-30-21-20-28-8-7-9-29-22-25-34(27)36(30)35(28)29/h1-25H/b17-14+. The molecule has 0 saturated carbocycles. The molecule has 7 aromatic rings. The molecule has 0 N–H and O–H groups in total. The van der Waals surface area contributed by atoms with Crippen molar-refractivity contribution < 1.29 is 0 Å². The number of nitrogens with zero attached hydrogens (tertiary/aromatic N) is 1. The van der Waals surface area contributed by atoms with Crippen molar-refractivity contribution in [2.45, 2.75) is 0 Å². The number of hydrogen-bond donors (Lipinski definition) is 0. The van der Waals surface area contributed by atoms with E-state index in [0.717, 1.165) is 17.1 Å². The lowest BCUT2D eigenvalue weighted by Gasteiger charge is -2.25. The van der Waals surface area contributed by atoms with Gasteiger partial charge in [-0.15, -0.1) is 0 Å². The largest absolute Gasteiger partial charge is 0.311 e. The van der Waals surface area contributed by atoms with Crippen molar-refractivity contribution in [3.05, 3.63) is 151 Å². The monoisotopic (exact) mass is 471 g/mol. The summed E-state index contributed by atoms with van der Waals surface area (Å²) in [6.45, 7) is 0. The Morgan fingerprint density at radius 3 is 1.57 bits per heavy atom. The van der Waals surface area contributed by atoms with Gasteiger partial charge in [-0.2, -0.15) is 0 Å². The molecule has 0 aromatic heterocycles. The van der Waals surface area contributed by atoms with Gasteiger partial charge in [0, 0.05) is 17.1 Å². The Labute approximate surface area is 216 Å². The third-order valence-electron chi connectivity index (χ3n) is 7.20. The molecule has 7 rings (SSSR count). The highest BCUT2D eigenvalue weighted by Crippen LogP contribution is 2.37. The van der Waals surface area contributed by atoms with E-state index in [1.807, 2.05) is 0 Å². The first-order valence-corrected chi connectivity index (χ1v) is 12.7. The van der Waals surface area contributed by atoms with Crippen molar-refractivity contribution in [2.75, 3.05) is 4.90 Å². The van der Waals surface area contributed by atoms with Crippen LogP contribution in [0.3, 0.4) is 0 Å². The summed E-state index contributed by atoms with van der Waals surface area (Å²) >= 11 is 0. The normalized spacial score (nSPS) is 11.7. The van der Waals surface area contributed by atoms with Crippen molar-refractivity contribution in [3.63, 3.8) is 0 Å². The highest BCUT2D eigenvalue weighted by molar-refractivity contribution is 6.24. The molecular formula is C36H25N. The smallest absolute Gasteiger partial charge is 0.0462 e. The summed E-state index contributed by atoms with van der Waals surface area (Å²) in [4.78, 5) is 2.29. The summed E-state index contributed by atoms with van der Waals surface area (Å²) in [5.41, 5.74) is 5.84. The molecule has 0 radical (unpaired) electrons. The van der Waals surface area contributed by atoms with Gasteiger partial charge in [0.15, 0.2) is 0 Å². The molecular weight excluding hydrogens is 446 g/mol. The topological polar surface area (TPSA) is 3.24 Å². The van der Waals surface area contributed by atoms with Gasteiger partial charge in [0.25, 0.3) is 0 Å². The van der Waals surface area contributed by atoms with Gasteiger partial charge in [-0.25, -0.2) is 0 Å². The third-order valence-corrected chi connectivity index (χ3v) is 7.20. The molecule has 174 valence electrons. The van der Waals surface area contributed by atoms with E-state index in [0.29, 0.717) is 0 Å². The van der Waals surface area contributed by atoms with Crippen LogP contribution in [0.2, 0.25) is 0 Å². The summed E-state index contributed by atoms with van der Waals surface area (Å²) in [7, 11) is 0. The number of para-hydroxylation sites is 2. The van der Waals surface area contributed by atoms with Crippen LogP contribution < -0.4 is 4.90 Å². The maximum atomic E-state index is 2.29. The van der Waals surface area contributed by atoms with E-state index in [-0.39, 0.29) is 0 Å². The van der Waals surface area contributed by atoms with Gasteiger partial charge in [-0.3, -0.25) is 0 Å². The molecule has 0 fully saturated rings. The van der Waals surface area contributed by atoms with Crippen LogP contribution in [0.25, 0.3) is 44.5 Å². The highest BCUT2D eigenvalue weighted by Gasteiger charge is 2.12. The van der Waals surface area contributed by atoms with Crippen molar-refractivity contribution in [3.8, 4) is 0 Å². The fraction of sp³-hybridized carbons (Fsp3) is 0. The van der Waals surface area contributed by atoms with Gasteiger partial charge in [-0.1, -0.05) is 115 Å². The summed E-state index contributed by atoms with van der Waals surface area (Å²) in [6.07, 6.45) is 4.46. The molecule has 0 aliphatic heterocycles. The highest BCUT2D eigenvalue weighted by atomic mass is 15.1. The van der Waals surface area contributed by atoms with Crippen molar-refractivity contribution in [1.29, 1.82) is 0 Å². The Bertz CT molecular complexity index is 1790. The van der Waals surface area contributed by atoms with Gasteiger partial charge < -0.3 is 4.90 Å². The number of hydrogen-bond acceptors (Lipinski definition) is 1. The van der Waals surface area contributed by atoms with Gasteiger partial charge in [0.2, 0.25) is 0 Å². The lowest BCUT2D eigenvalue weighted by molar-refractivity contribution is 1.28. The minimum absolute atomic E-state index is 1.14. The van der Waals surface area contributed by atoms with Crippen molar-refractivity contribution in [1.82, 2.24) is 0 Å². The predicted molar refractivity (Wildman–Crippen MR) is 160 cm³/mol. The average molecular weight is 472 g/mol. The zero-order valence-electron chi connectivity index (χ0n) is 20.4. The Balaban J connectivity index is 1.25. The van der Waals surface area contributed by atoms with Crippen LogP contribution in [0.4, 0.5) is 17.1 Å².